The fraction of sp³-hybridized carbons (Fsp3) is 0.333. The number of amides is 1. The molecule has 5 heteroatoms. The maximum Gasteiger partial charge on any atom is 0.263 e. The molecule has 0 aliphatic heterocycles. The number of carbonyl (C=O) groups is 1. The number of aryl methyl sites for hydroxylation is 1. The SMILES string of the molecule is COCCCNC(=O)/C(C#N)=C\Nc1cccc(C)c1. The Kier molecular flexibility index (Phi) is 6.87. The van der Waals surface area contributed by atoms with E-state index in [4.69, 9.17) is 10.00 Å². The van der Waals surface area contributed by atoms with Crippen molar-refractivity contribution in [2.24, 2.45) is 0 Å². The van der Waals surface area contributed by atoms with Gasteiger partial charge in [-0.25, -0.2) is 0 Å². The first-order valence-electron chi connectivity index (χ1n) is 6.38. The van der Waals surface area contributed by atoms with Gasteiger partial charge in [0.05, 0.1) is 0 Å². The maximum absolute atomic E-state index is 11.7. The van der Waals surface area contributed by atoms with Gasteiger partial charge in [0.2, 0.25) is 0 Å². The standard InChI is InChI=1S/C15H19N3O2/c1-12-5-3-6-14(9-12)18-11-13(10-16)15(19)17-7-4-8-20-2/h3,5-6,9,11,18H,4,7-8H2,1-2H3,(H,17,19)/b13-11-. The number of nitrogens with one attached hydrogen (secondary N) is 2. The molecule has 0 fully saturated rings. The highest BCUT2D eigenvalue weighted by molar-refractivity contribution is 5.97. The Morgan fingerprint density at radius 3 is 2.95 bits per heavy atom. The van der Waals surface area contributed by atoms with Crippen LogP contribution >= 0.6 is 0 Å². The molecular weight excluding hydrogens is 254 g/mol. The average molecular weight is 273 g/mol. The summed E-state index contributed by atoms with van der Waals surface area (Å²) in [5.41, 5.74) is 1.99. The third-order valence-electron chi connectivity index (χ3n) is 2.58. The molecule has 0 radical (unpaired) electrons. The van der Waals surface area contributed by atoms with Gasteiger partial charge in [0.25, 0.3) is 5.91 Å². The summed E-state index contributed by atoms with van der Waals surface area (Å²) >= 11 is 0. The molecule has 1 rings (SSSR count). The van der Waals surface area contributed by atoms with Gasteiger partial charge in [-0.1, -0.05) is 12.1 Å². The summed E-state index contributed by atoms with van der Waals surface area (Å²) in [6.07, 6.45) is 2.13. The minimum absolute atomic E-state index is 0.0453. The normalized spacial score (nSPS) is 10.8. The van der Waals surface area contributed by atoms with Crippen molar-refractivity contribution >= 4 is 11.6 Å². The Morgan fingerprint density at radius 1 is 1.50 bits per heavy atom. The predicted octanol–water partition coefficient (Wildman–Crippen LogP) is 1.97. The Balaban J connectivity index is 2.54. The third kappa shape index (κ3) is 5.55. The molecule has 0 spiro atoms. The number of nitrogens with zero attached hydrogens (tertiary/aromatic N) is 1. The summed E-state index contributed by atoms with van der Waals surface area (Å²) in [5.74, 6) is -0.385. The molecule has 0 unspecified atom stereocenters. The zero-order valence-corrected chi connectivity index (χ0v) is 11.8. The average Bonchev–Trinajstić information content (AvgIpc) is 2.44. The number of carbonyl (C=O) groups excluding carboxylic acids is 1. The number of anilines is 1. The fourth-order valence-electron chi connectivity index (χ4n) is 1.55. The number of hydrogen-bond acceptors (Lipinski definition) is 4. The van der Waals surface area contributed by atoms with E-state index in [9.17, 15) is 4.79 Å². The predicted molar refractivity (Wildman–Crippen MR) is 78.0 cm³/mol. The van der Waals surface area contributed by atoms with E-state index in [2.05, 4.69) is 10.6 Å². The van der Waals surface area contributed by atoms with Crippen molar-refractivity contribution in [1.29, 1.82) is 5.26 Å². The molecule has 0 aliphatic carbocycles. The molecule has 0 saturated carbocycles. The molecule has 0 saturated heterocycles. The lowest BCUT2D eigenvalue weighted by Crippen LogP contribution is -2.26. The van der Waals surface area contributed by atoms with E-state index in [1.54, 1.807) is 7.11 Å². The molecule has 20 heavy (non-hydrogen) atoms. The topological polar surface area (TPSA) is 74.1 Å². The zero-order valence-electron chi connectivity index (χ0n) is 11.8. The van der Waals surface area contributed by atoms with Crippen LogP contribution in [0.25, 0.3) is 0 Å². The Bertz CT molecular complexity index is 518. The van der Waals surface area contributed by atoms with Crippen LogP contribution in [0.2, 0.25) is 0 Å². The largest absolute Gasteiger partial charge is 0.385 e. The summed E-state index contributed by atoms with van der Waals surface area (Å²) in [6, 6.07) is 9.57. The monoisotopic (exact) mass is 273 g/mol. The molecular formula is C15H19N3O2. The van der Waals surface area contributed by atoms with Gasteiger partial charge in [-0.2, -0.15) is 5.26 Å². The Morgan fingerprint density at radius 2 is 2.30 bits per heavy atom. The zero-order chi connectivity index (χ0) is 14.8. The van der Waals surface area contributed by atoms with Crippen molar-refractivity contribution in [3.05, 3.63) is 41.6 Å². The first-order valence-corrected chi connectivity index (χ1v) is 6.38. The second kappa shape index (κ2) is 8.73. The molecule has 0 atom stereocenters. The quantitative estimate of drug-likeness (QED) is 0.452. The van der Waals surface area contributed by atoms with Crippen molar-refractivity contribution < 1.29 is 9.53 Å². The molecule has 106 valence electrons. The molecule has 1 aromatic carbocycles. The molecule has 1 amide bonds. The van der Waals surface area contributed by atoms with Gasteiger partial charge in [0.15, 0.2) is 0 Å². The molecule has 1 aromatic rings. The first kappa shape index (κ1) is 15.7. The highest BCUT2D eigenvalue weighted by Crippen LogP contribution is 2.09. The maximum atomic E-state index is 11.7. The molecule has 0 aromatic heterocycles. The third-order valence-corrected chi connectivity index (χ3v) is 2.58. The van der Waals surface area contributed by atoms with E-state index in [-0.39, 0.29) is 11.5 Å². The first-order chi connectivity index (χ1) is 9.67. The van der Waals surface area contributed by atoms with Crippen molar-refractivity contribution in [3.8, 4) is 6.07 Å². The van der Waals surface area contributed by atoms with Gasteiger partial charge in [-0.05, 0) is 31.0 Å². The number of benzene rings is 1. The molecule has 2 N–H and O–H groups in total. The summed E-state index contributed by atoms with van der Waals surface area (Å²) in [4.78, 5) is 11.7. The fourth-order valence-corrected chi connectivity index (χ4v) is 1.55. The van der Waals surface area contributed by atoms with Crippen LogP contribution in [-0.4, -0.2) is 26.2 Å². The van der Waals surface area contributed by atoms with E-state index in [1.807, 2.05) is 37.3 Å². The lowest BCUT2D eigenvalue weighted by molar-refractivity contribution is -0.117. The smallest absolute Gasteiger partial charge is 0.263 e. The molecule has 0 heterocycles. The van der Waals surface area contributed by atoms with Gasteiger partial charge >= 0.3 is 0 Å². The van der Waals surface area contributed by atoms with Crippen LogP contribution in [-0.2, 0) is 9.53 Å². The molecule has 0 aliphatic rings. The highest BCUT2D eigenvalue weighted by Gasteiger charge is 2.07. The van der Waals surface area contributed by atoms with Gasteiger partial charge in [0.1, 0.15) is 11.6 Å². The van der Waals surface area contributed by atoms with Crippen LogP contribution in [0.3, 0.4) is 0 Å². The van der Waals surface area contributed by atoms with E-state index >= 15 is 0 Å². The number of rotatable bonds is 7. The lowest BCUT2D eigenvalue weighted by atomic mass is 10.2. The second-order valence-electron chi connectivity index (χ2n) is 4.29. The van der Waals surface area contributed by atoms with Crippen molar-refractivity contribution in [2.45, 2.75) is 13.3 Å². The van der Waals surface area contributed by atoms with E-state index in [0.717, 1.165) is 11.3 Å². The summed E-state index contributed by atoms with van der Waals surface area (Å²) in [5, 5.41) is 14.6. The molecule has 5 nitrogen and oxygen atoms in total. The highest BCUT2D eigenvalue weighted by atomic mass is 16.5. The van der Waals surface area contributed by atoms with E-state index in [1.165, 1.54) is 6.20 Å². The van der Waals surface area contributed by atoms with Gasteiger partial charge in [-0.15, -0.1) is 0 Å². The van der Waals surface area contributed by atoms with Crippen LogP contribution in [0, 0.1) is 18.3 Å². The van der Waals surface area contributed by atoms with Crippen LogP contribution in [0.5, 0.6) is 0 Å². The van der Waals surface area contributed by atoms with Crippen LogP contribution in [0.1, 0.15) is 12.0 Å². The minimum atomic E-state index is -0.385. The summed E-state index contributed by atoms with van der Waals surface area (Å²) in [7, 11) is 1.61. The van der Waals surface area contributed by atoms with Gasteiger partial charge in [-0.3, -0.25) is 4.79 Å². The number of hydrogen-bond donors (Lipinski definition) is 2. The minimum Gasteiger partial charge on any atom is -0.385 e. The van der Waals surface area contributed by atoms with E-state index in [0.29, 0.717) is 19.6 Å². The second-order valence-corrected chi connectivity index (χ2v) is 4.29. The van der Waals surface area contributed by atoms with Crippen molar-refractivity contribution in [3.63, 3.8) is 0 Å². The van der Waals surface area contributed by atoms with Crippen LogP contribution in [0.4, 0.5) is 5.69 Å². The number of ether oxygens (including phenoxy) is 1. The van der Waals surface area contributed by atoms with Gasteiger partial charge in [0, 0.05) is 32.1 Å². The van der Waals surface area contributed by atoms with Crippen molar-refractivity contribution in [2.75, 3.05) is 25.6 Å². The summed E-state index contributed by atoms with van der Waals surface area (Å²) in [6.45, 7) is 3.03. The van der Waals surface area contributed by atoms with Crippen molar-refractivity contribution in [1.82, 2.24) is 5.32 Å². The van der Waals surface area contributed by atoms with Gasteiger partial charge < -0.3 is 15.4 Å². The van der Waals surface area contributed by atoms with E-state index < -0.39 is 0 Å². The van der Waals surface area contributed by atoms with Crippen LogP contribution in [0.15, 0.2) is 36.0 Å². The summed E-state index contributed by atoms with van der Waals surface area (Å²) < 4.78 is 4.88. The lowest BCUT2D eigenvalue weighted by Gasteiger charge is -2.05. The Labute approximate surface area is 119 Å². The number of methoxy groups -OCH3 is 1. The Hall–Kier alpha value is -2.32. The molecule has 0 bridgehead atoms. The number of nitriles is 1. The van der Waals surface area contributed by atoms with Crippen LogP contribution < -0.4 is 10.6 Å².